The van der Waals surface area contributed by atoms with Crippen LogP contribution < -0.4 is 10.6 Å². The molecule has 1 amide bonds. The molecule has 0 spiro atoms. The lowest BCUT2D eigenvalue weighted by atomic mass is 10.1. The van der Waals surface area contributed by atoms with Crippen LogP contribution in [0, 0.1) is 5.82 Å². The molecule has 10 heteroatoms. The molecule has 1 atom stereocenters. The molecule has 2 rings (SSSR count). The van der Waals surface area contributed by atoms with Gasteiger partial charge in [-0.15, -0.1) is 0 Å². The second-order valence-corrected chi connectivity index (χ2v) is 6.35. The van der Waals surface area contributed by atoms with E-state index in [-0.39, 0.29) is 22.8 Å². The highest BCUT2D eigenvalue weighted by Crippen LogP contribution is 2.31. The minimum atomic E-state index is -5.26. The van der Waals surface area contributed by atoms with Crippen LogP contribution in [0.1, 0.15) is 22.8 Å². The van der Waals surface area contributed by atoms with Gasteiger partial charge in [0.1, 0.15) is 5.82 Å². The summed E-state index contributed by atoms with van der Waals surface area (Å²) in [5.74, 6) is -3.50. The molecule has 0 unspecified atom stereocenters. The SMILES string of the molecule is CCOC(=O)[C@](NCc1ccc(F)cc1)(NC(=O)c1cccc(Cl)c1)C(F)(F)F. The Morgan fingerprint density at radius 3 is 2.31 bits per heavy atom. The number of benzene rings is 2. The van der Waals surface area contributed by atoms with E-state index in [0.29, 0.717) is 0 Å². The summed E-state index contributed by atoms with van der Waals surface area (Å²) >= 11 is 5.78. The summed E-state index contributed by atoms with van der Waals surface area (Å²) in [4.78, 5) is 24.8. The zero-order chi connectivity index (χ0) is 21.7. The summed E-state index contributed by atoms with van der Waals surface area (Å²) in [6.45, 7) is 0.480. The van der Waals surface area contributed by atoms with Gasteiger partial charge in [0.15, 0.2) is 0 Å². The van der Waals surface area contributed by atoms with Crippen molar-refractivity contribution in [3.63, 3.8) is 0 Å². The first-order valence-electron chi connectivity index (χ1n) is 8.40. The number of esters is 1. The Morgan fingerprint density at radius 1 is 1.10 bits per heavy atom. The number of hydrogen-bond donors (Lipinski definition) is 2. The number of rotatable bonds is 7. The van der Waals surface area contributed by atoms with Gasteiger partial charge in [0.05, 0.1) is 6.61 Å². The van der Waals surface area contributed by atoms with E-state index in [0.717, 1.165) is 18.2 Å². The van der Waals surface area contributed by atoms with E-state index in [4.69, 9.17) is 11.6 Å². The Bertz CT molecular complexity index is 875. The van der Waals surface area contributed by atoms with Crippen molar-refractivity contribution >= 4 is 23.5 Å². The molecule has 2 aromatic rings. The second-order valence-electron chi connectivity index (χ2n) is 5.91. The molecule has 2 N–H and O–H groups in total. The molecule has 0 saturated heterocycles. The number of nitrogens with one attached hydrogen (secondary N) is 2. The van der Waals surface area contributed by atoms with E-state index in [1.165, 1.54) is 37.3 Å². The van der Waals surface area contributed by atoms with Gasteiger partial charge in [0.2, 0.25) is 0 Å². The van der Waals surface area contributed by atoms with Gasteiger partial charge in [-0.2, -0.15) is 13.2 Å². The first-order valence-corrected chi connectivity index (χ1v) is 8.78. The van der Waals surface area contributed by atoms with E-state index in [9.17, 15) is 27.2 Å². The van der Waals surface area contributed by atoms with Crippen LogP contribution in [0.15, 0.2) is 48.5 Å². The Morgan fingerprint density at radius 2 is 1.76 bits per heavy atom. The highest BCUT2D eigenvalue weighted by Gasteiger charge is 2.63. The van der Waals surface area contributed by atoms with Crippen LogP contribution in [-0.2, 0) is 16.1 Å². The highest BCUT2D eigenvalue weighted by atomic mass is 35.5. The molecule has 0 bridgehead atoms. The normalized spacial score (nSPS) is 13.4. The monoisotopic (exact) mass is 432 g/mol. The van der Waals surface area contributed by atoms with Gasteiger partial charge in [-0.05, 0) is 42.8 Å². The molecule has 2 aromatic carbocycles. The summed E-state index contributed by atoms with van der Waals surface area (Å²) in [6, 6.07) is 9.82. The number of hydrogen-bond acceptors (Lipinski definition) is 4. The Hall–Kier alpha value is -2.65. The van der Waals surface area contributed by atoms with E-state index < -0.39 is 36.1 Å². The summed E-state index contributed by atoms with van der Waals surface area (Å²) in [6.07, 6.45) is -5.26. The fourth-order valence-corrected chi connectivity index (χ4v) is 2.59. The lowest BCUT2D eigenvalue weighted by Crippen LogP contribution is -2.72. The molecule has 0 saturated carbocycles. The van der Waals surface area contributed by atoms with Crippen molar-refractivity contribution in [3.8, 4) is 0 Å². The molecule has 5 nitrogen and oxygen atoms in total. The van der Waals surface area contributed by atoms with Crippen molar-refractivity contribution in [2.24, 2.45) is 0 Å². The lowest BCUT2D eigenvalue weighted by molar-refractivity contribution is -0.219. The van der Waals surface area contributed by atoms with Crippen molar-refractivity contribution in [3.05, 3.63) is 70.5 Å². The topological polar surface area (TPSA) is 67.4 Å². The minimum Gasteiger partial charge on any atom is -0.463 e. The second kappa shape index (κ2) is 9.23. The number of carbonyl (C=O) groups excluding carboxylic acids is 2. The standard InChI is InChI=1S/C19H17ClF4N2O3/c1-2-29-17(28)18(19(22,23)24,25-11-12-6-8-15(21)9-7-12)26-16(27)13-4-3-5-14(20)10-13/h3-10,25H,2,11H2,1H3,(H,26,27)/t18-/m0/s1. The molecule has 0 fully saturated rings. The molecule has 0 aromatic heterocycles. The van der Waals surface area contributed by atoms with E-state index >= 15 is 0 Å². The van der Waals surface area contributed by atoms with Crippen LogP contribution in [0.3, 0.4) is 0 Å². The molecule has 0 radical (unpaired) electrons. The van der Waals surface area contributed by atoms with Crippen molar-refractivity contribution in [1.29, 1.82) is 0 Å². The maximum atomic E-state index is 14.0. The largest absolute Gasteiger partial charge is 0.463 e. The van der Waals surface area contributed by atoms with Gasteiger partial charge in [0, 0.05) is 17.1 Å². The van der Waals surface area contributed by atoms with Gasteiger partial charge in [-0.3, -0.25) is 10.1 Å². The number of ether oxygens (including phenoxy) is 1. The summed E-state index contributed by atoms with van der Waals surface area (Å²) < 4.78 is 59.6. The third kappa shape index (κ3) is 5.45. The average molecular weight is 433 g/mol. The van der Waals surface area contributed by atoms with Crippen LogP contribution in [0.4, 0.5) is 17.6 Å². The fourth-order valence-electron chi connectivity index (χ4n) is 2.40. The molecule has 0 heterocycles. The minimum absolute atomic E-state index is 0.130. The van der Waals surface area contributed by atoms with Crippen molar-refractivity contribution in [2.45, 2.75) is 25.3 Å². The fraction of sp³-hybridized carbons (Fsp3) is 0.263. The van der Waals surface area contributed by atoms with Crippen molar-refractivity contribution < 1.29 is 31.9 Å². The smallest absolute Gasteiger partial charge is 0.436 e. The highest BCUT2D eigenvalue weighted by molar-refractivity contribution is 6.31. The molecule has 0 aliphatic rings. The van der Waals surface area contributed by atoms with Gasteiger partial charge in [-0.1, -0.05) is 29.8 Å². The number of alkyl halides is 3. The van der Waals surface area contributed by atoms with E-state index in [2.05, 4.69) is 4.74 Å². The Kier molecular flexibility index (Phi) is 7.21. The van der Waals surface area contributed by atoms with Crippen molar-refractivity contribution in [2.75, 3.05) is 6.61 Å². The Balaban J connectivity index is 2.40. The molecule has 29 heavy (non-hydrogen) atoms. The molecule has 0 aliphatic heterocycles. The predicted molar refractivity (Wildman–Crippen MR) is 97.6 cm³/mol. The van der Waals surface area contributed by atoms with Crippen LogP contribution in [0.25, 0.3) is 0 Å². The van der Waals surface area contributed by atoms with Crippen LogP contribution in [0.2, 0.25) is 5.02 Å². The summed E-state index contributed by atoms with van der Waals surface area (Å²) in [5.41, 5.74) is -3.46. The number of carbonyl (C=O) groups is 2. The first kappa shape index (κ1) is 22.6. The van der Waals surface area contributed by atoms with Crippen LogP contribution in [0.5, 0.6) is 0 Å². The number of amides is 1. The summed E-state index contributed by atoms with van der Waals surface area (Å²) in [7, 11) is 0. The maximum absolute atomic E-state index is 14.0. The zero-order valence-corrected chi connectivity index (χ0v) is 15.9. The third-order valence-corrected chi connectivity index (χ3v) is 4.10. The Labute approximate surface area is 169 Å². The molecule has 156 valence electrons. The quantitative estimate of drug-likeness (QED) is 0.396. The van der Waals surface area contributed by atoms with Gasteiger partial charge < -0.3 is 10.1 Å². The van der Waals surface area contributed by atoms with Gasteiger partial charge in [-0.25, -0.2) is 9.18 Å². The van der Waals surface area contributed by atoms with E-state index in [1.54, 1.807) is 5.32 Å². The van der Waals surface area contributed by atoms with Crippen molar-refractivity contribution in [1.82, 2.24) is 10.6 Å². The molecular weight excluding hydrogens is 416 g/mol. The first-order chi connectivity index (χ1) is 13.6. The summed E-state index contributed by atoms with van der Waals surface area (Å²) in [5, 5.41) is 3.85. The lowest BCUT2D eigenvalue weighted by Gasteiger charge is -2.35. The van der Waals surface area contributed by atoms with Crippen LogP contribution >= 0.6 is 11.6 Å². The van der Waals surface area contributed by atoms with Crippen LogP contribution in [-0.4, -0.2) is 30.3 Å². The molecule has 0 aliphatic carbocycles. The zero-order valence-electron chi connectivity index (χ0n) is 15.1. The predicted octanol–water partition coefficient (Wildman–Crippen LogP) is 3.82. The van der Waals surface area contributed by atoms with E-state index in [1.807, 2.05) is 5.32 Å². The number of halogens is 5. The maximum Gasteiger partial charge on any atom is 0.436 e. The molecular formula is C19H17ClF4N2O3. The third-order valence-electron chi connectivity index (χ3n) is 3.87. The average Bonchev–Trinajstić information content (AvgIpc) is 2.65. The van der Waals surface area contributed by atoms with Gasteiger partial charge >= 0.3 is 12.1 Å². The van der Waals surface area contributed by atoms with Gasteiger partial charge in [0.25, 0.3) is 11.6 Å².